The van der Waals surface area contributed by atoms with E-state index >= 15 is 0 Å². The minimum Gasteiger partial charge on any atom is -0.466 e. The average Bonchev–Trinajstić information content (AvgIpc) is 3.24. The molecule has 0 radical (unpaired) electrons. The van der Waals surface area contributed by atoms with Crippen molar-refractivity contribution in [1.82, 2.24) is 15.0 Å². The highest BCUT2D eigenvalue weighted by Gasteiger charge is 2.39. The Morgan fingerprint density at radius 2 is 1.53 bits per heavy atom. The molecular formula is C25H27N3O2. The van der Waals surface area contributed by atoms with Gasteiger partial charge in [0.05, 0.1) is 11.6 Å². The van der Waals surface area contributed by atoms with Crippen molar-refractivity contribution in [1.29, 1.82) is 0 Å². The van der Waals surface area contributed by atoms with Crippen molar-refractivity contribution in [3.63, 3.8) is 0 Å². The van der Waals surface area contributed by atoms with E-state index in [2.05, 4.69) is 29.4 Å². The first-order chi connectivity index (χ1) is 14.8. The summed E-state index contributed by atoms with van der Waals surface area (Å²) in [4.78, 5) is 0. The second kappa shape index (κ2) is 9.09. The van der Waals surface area contributed by atoms with E-state index < -0.39 is 5.72 Å². The van der Waals surface area contributed by atoms with Crippen LogP contribution in [0, 0.1) is 0 Å². The van der Waals surface area contributed by atoms with Crippen molar-refractivity contribution >= 4 is 11.0 Å². The third-order valence-corrected chi connectivity index (χ3v) is 5.38. The molecule has 0 saturated carbocycles. The number of rotatable bonds is 9. The number of nitrogens with zero attached hydrogens (tertiary/aromatic N) is 3. The van der Waals surface area contributed by atoms with Gasteiger partial charge in [0, 0.05) is 19.4 Å². The molecule has 2 atom stereocenters. The zero-order chi connectivity index (χ0) is 20.8. The summed E-state index contributed by atoms with van der Waals surface area (Å²) in [7, 11) is 0. The van der Waals surface area contributed by atoms with Crippen LogP contribution in [0.1, 0.15) is 38.4 Å². The van der Waals surface area contributed by atoms with Gasteiger partial charge in [-0.1, -0.05) is 72.8 Å². The van der Waals surface area contributed by atoms with Gasteiger partial charge in [-0.3, -0.25) is 0 Å². The number of aromatic nitrogens is 3. The maximum Gasteiger partial charge on any atom is 0.206 e. The zero-order valence-corrected chi connectivity index (χ0v) is 17.4. The molecule has 1 aromatic heterocycles. The highest BCUT2D eigenvalue weighted by molar-refractivity contribution is 5.74. The fraction of sp³-hybridized carbons (Fsp3) is 0.280. The van der Waals surface area contributed by atoms with Crippen LogP contribution in [0.3, 0.4) is 0 Å². The molecule has 154 valence electrons. The van der Waals surface area contributed by atoms with Gasteiger partial charge >= 0.3 is 0 Å². The molecule has 1 heterocycles. The number of hydrogen-bond acceptors (Lipinski definition) is 4. The molecule has 5 heteroatoms. The molecule has 0 bridgehead atoms. The molecule has 2 unspecified atom stereocenters. The lowest BCUT2D eigenvalue weighted by Gasteiger charge is -2.36. The fourth-order valence-electron chi connectivity index (χ4n) is 3.85. The van der Waals surface area contributed by atoms with Crippen LogP contribution in [0.4, 0.5) is 0 Å². The molecule has 0 spiro atoms. The largest absolute Gasteiger partial charge is 0.466 e. The quantitative estimate of drug-likeness (QED) is 0.359. The van der Waals surface area contributed by atoms with Gasteiger partial charge in [0.15, 0.2) is 0 Å². The van der Waals surface area contributed by atoms with Crippen LogP contribution >= 0.6 is 0 Å². The Morgan fingerprint density at radius 3 is 2.23 bits per heavy atom. The summed E-state index contributed by atoms with van der Waals surface area (Å²) in [6.07, 6.45) is 1.16. The van der Waals surface area contributed by atoms with Crippen LogP contribution < -0.4 is 4.74 Å². The topological polar surface area (TPSA) is 49.2 Å². The Kier molecular flexibility index (Phi) is 6.10. The maximum atomic E-state index is 6.68. The lowest BCUT2D eigenvalue weighted by atomic mass is 9.96. The van der Waals surface area contributed by atoms with E-state index in [9.17, 15) is 0 Å². The van der Waals surface area contributed by atoms with Gasteiger partial charge in [-0.25, -0.2) is 4.68 Å². The van der Waals surface area contributed by atoms with Gasteiger partial charge in [0.2, 0.25) is 5.72 Å². The lowest BCUT2D eigenvalue weighted by molar-refractivity contribution is -0.0794. The molecule has 3 aromatic carbocycles. The van der Waals surface area contributed by atoms with E-state index in [0.717, 1.165) is 22.3 Å². The second-order valence-electron chi connectivity index (χ2n) is 7.26. The predicted octanol–water partition coefficient (Wildman–Crippen LogP) is 5.74. The lowest BCUT2D eigenvalue weighted by Crippen LogP contribution is -2.42. The minimum atomic E-state index is -0.757. The molecule has 0 amide bonds. The van der Waals surface area contributed by atoms with Gasteiger partial charge in [-0.05, 0) is 36.8 Å². The van der Waals surface area contributed by atoms with Crippen LogP contribution in [0.15, 0.2) is 84.9 Å². The van der Waals surface area contributed by atoms with Crippen molar-refractivity contribution in [2.24, 2.45) is 0 Å². The molecule has 30 heavy (non-hydrogen) atoms. The third kappa shape index (κ3) is 4.07. The number of fused-ring (bicyclic) bond motifs is 1. The number of ether oxygens (including phenoxy) is 2. The Hall–Kier alpha value is -3.18. The van der Waals surface area contributed by atoms with Crippen LogP contribution in [-0.2, 0) is 10.5 Å². The van der Waals surface area contributed by atoms with E-state index in [1.54, 1.807) is 0 Å². The zero-order valence-electron chi connectivity index (χ0n) is 17.4. The van der Waals surface area contributed by atoms with Crippen LogP contribution in [0.2, 0.25) is 0 Å². The van der Waals surface area contributed by atoms with E-state index in [4.69, 9.17) is 9.47 Å². The van der Waals surface area contributed by atoms with Gasteiger partial charge < -0.3 is 9.47 Å². The minimum absolute atomic E-state index is 0.136. The monoisotopic (exact) mass is 401 g/mol. The van der Waals surface area contributed by atoms with Crippen molar-refractivity contribution in [2.75, 3.05) is 6.61 Å². The van der Waals surface area contributed by atoms with Gasteiger partial charge in [0.1, 0.15) is 11.3 Å². The summed E-state index contributed by atoms with van der Waals surface area (Å²) in [5.74, 6) is 0.794. The summed E-state index contributed by atoms with van der Waals surface area (Å²) < 4.78 is 14.8. The third-order valence-electron chi connectivity index (χ3n) is 5.38. The Bertz CT molecular complexity index is 1070. The highest BCUT2D eigenvalue weighted by atomic mass is 16.5. The van der Waals surface area contributed by atoms with Crippen molar-refractivity contribution in [3.05, 3.63) is 90.5 Å². The maximum absolute atomic E-state index is 6.68. The summed E-state index contributed by atoms with van der Waals surface area (Å²) in [6, 6.07) is 28.2. The molecule has 0 aliphatic carbocycles. The fourth-order valence-corrected chi connectivity index (χ4v) is 3.85. The first-order valence-electron chi connectivity index (χ1n) is 10.5. The Morgan fingerprint density at radius 1 is 0.867 bits per heavy atom. The molecule has 4 aromatic rings. The SMILES string of the molecule is CCOC(CC(CC)(Oc1ccccc1)n1nnc2ccccc21)c1ccccc1. The number of hydrogen-bond donors (Lipinski definition) is 0. The van der Waals surface area contributed by atoms with E-state index in [1.807, 2.05) is 84.4 Å². The van der Waals surface area contributed by atoms with Gasteiger partial charge in [-0.2, -0.15) is 0 Å². The van der Waals surface area contributed by atoms with Gasteiger partial charge in [-0.15, -0.1) is 5.10 Å². The molecule has 4 rings (SSSR count). The first kappa shape index (κ1) is 20.1. The Balaban J connectivity index is 1.81. The second-order valence-corrected chi connectivity index (χ2v) is 7.26. The molecule has 0 N–H and O–H groups in total. The van der Waals surface area contributed by atoms with Crippen molar-refractivity contribution < 1.29 is 9.47 Å². The highest BCUT2D eigenvalue weighted by Crippen LogP contribution is 2.38. The summed E-state index contributed by atoms with van der Waals surface area (Å²) in [5.41, 5.74) is 2.16. The van der Waals surface area contributed by atoms with Crippen LogP contribution in [-0.4, -0.2) is 21.6 Å². The van der Waals surface area contributed by atoms with Crippen LogP contribution in [0.5, 0.6) is 5.75 Å². The first-order valence-corrected chi connectivity index (χ1v) is 10.5. The van der Waals surface area contributed by atoms with Gasteiger partial charge in [0.25, 0.3) is 0 Å². The predicted molar refractivity (Wildman–Crippen MR) is 118 cm³/mol. The summed E-state index contributed by atoms with van der Waals surface area (Å²) >= 11 is 0. The van der Waals surface area contributed by atoms with Crippen molar-refractivity contribution in [3.8, 4) is 5.75 Å². The molecule has 0 aliphatic rings. The average molecular weight is 402 g/mol. The van der Waals surface area contributed by atoms with E-state index in [0.29, 0.717) is 19.4 Å². The van der Waals surface area contributed by atoms with Crippen molar-refractivity contribution in [2.45, 2.75) is 38.5 Å². The molecule has 0 fully saturated rings. The van der Waals surface area contributed by atoms with E-state index in [1.165, 1.54) is 0 Å². The molecule has 0 aliphatic heterocycles. The Labute approximate surface area is 177 Å². The smallest absolute Gasteiger partial charge is 0.206 e. The number of para-hydroxylation sites is 2. The molecular weight excluding hydrogens is 374 g/mol. The molecule has 0 saturated heterocycles. The molecule has 5 nitrogen and oxygen atoms in total. The van der Waals surface area contributed by atoms with E-state index in [-0.39, 0.29) is 6.10 Å². The normalized spacial score (nSPS) is 14.3. The standard InChI is InChI=1S/C25H27N3O2/c1-3-25(30-21-15-9-6-10-16-21,28-23-18-12-11-17-22(23)26-27-28)19-24(29-4-2)20-13-7-5-8-14-20/h5-18,24H,3-4,19H2,1-2H3. The number of benzene rings is 3. The summed E-state index contributed by atoms with van der Waals surface area (Å²) in [5, 5.41) is 8.92. The van der Waals surface area contributed by atoms with Crippen LogP contribution in [0.25, 0.3) is 11.0 Å². The summed E-state index contributed by atoms with van der Waals surface area (Å²) in [6.45, 7) is 4.75.